The van der Waals surface area contributed by atoms with Crippen molar-refractivity contribution < 1.29 is 0 Å². The first-order chi connectivity index (χ1) is 8.31. The zero-order chi connectivity index (χ0) is 13.5. The summed E-state index contributed by atoms with van der Waals surface area (Å²) in [5, 5.41) is 0. The van der Waals surface area contributed by atoms with E-state index in [4.69, 9.17) is 5.73 Å². The molecule has 0 aliphatic heterocycles. The van der Waals surface area contributed by atoms with Crippen LogP contribution in [0.5, 0.6) is 0 Å². The predicted octanol–water partition coefficient (Wildman–Crippen LogP) is 1.66. The van der Waals surface area contributed by atoms with Crippen LogP contribution in [0.25, 0.3) is 11.2 Å². The maximum atomic E-state index is 6.00. The van der Waals surface area contributed by atoms with Gasteiger partial charge in [-0.05, 0) is 46.5 Å². The van der Waals surface area contributed by atoms with Crippen molar-refractivity contribution in [3.8, 4) is 0 Å². The fourth-order valence-electron chi connectivity index (χ4n) is 1.81. The first-order valence-electron chi connectivity index (χ1n) is 6.07. The minimum atomic E-state index is -0.00564. The third-order valence-corrected chi connectivity index (χ3v) is 3.51. The molecule has 18 heavy (non-hydrogen) atoms. The summed E-state index contributed by atoms with van der Waals surface area (Å²) in [6.45, 7) is 7.11. The first kappa shape index (κ1) is 12.8. The van der Waals surface area contributed by atoms with Crippen LogP contribution >= 0.6 is 0 Å². The molecule has 2 heterocycles. The third-order valence-electron chi connectivity index (χ3n) is 3.51. The Balaban J connectivity index is 2.48. The lowest BCUT2D eigenvalue weighted by Gasteiger charge is -2.33. The molecule has 0 radical (unpaired) electrons. The van der Waals surface area contributed by atoms with Crippen LogP contribution in [0, 0.1) is 6.92 Å². The van der Waals surface area contributed by atoms with Crippen molar-refractivity contribution in [1.82, 2.24) is 19.4 Å². The molecule has 0 aliphatic carbocycles. The quantitative estimate of drug-likeness (QED) is 0.896. The number of nitrogen functional groups attached to an aromatic ring is 1. The molecule has 2 N–H and O–H groups in total. The van der Waals surface area contributed by atoms with Gasteiger partial charge in [-0.2, -0.15) is 0 Å². The zero-order valence-corrected chi connectivity index (χ0v) is 11.7. The second kappa shape index (κ2) is 4.24. The number of fused-ring (bicyclic) bond motifs is 1. The molecule has 0 saturated carbocycles. The maximum absolute atomic E-state index is 6.00. The second-order valence-corrected chi connectivity index (χ2v) is 5.62. The van der Waals surface area contributed by atoms with Crippen molar-refractivity contribution >= 4 is 17.1 Å². The van der Waals surface area contributed by atoms with Gasteiger partial charge in [0.2, 0.25) is 5.95 Å². The van der Waals surface area contributed by atoms with Gasteiger partial charge in [0.15, 0.2) is 5.65 Å². The normalized spacial score (nSPS) is 12.6. The lowest BCUT2D eigenvalue weighted by molar-refractivity contribution is 0.172. The van der Waals surface area contributed by atoms with Gasteiger partial charge >= 0.3 is 0 Å². The highest BCUT2D eigenvalue weighted by molar-refractivity contribution is 5.74. The minimum Gasteiger partial charge on any atom is -0.369 e. The summed E-state index contributed by atoms with van der Waals surface area (Å²) in [6, 6.07) is 2.01. The van der Waals surface area contributed by atoms with Gasteiger partial charge in [-0.3, -0.25) is 4.57 Å². The van der Waals surface area contributed by atoms with Crippen LogP contribution in [0.15, 0.2) is 12.3 Å². The average Bonchev–Trinajstić information content (AvgIpc) is 2.54. The molecule has 0 atom stereocenters. The predicted molar refractivity (Wildman–Crippen MR) is 74.4 cm³/mol. The lowest BCUT2D eigenvalue weighted by Crippen LogP contribution is -2.42. The number of rotatable bonds is 3. The largest absolute Gasteiger partial charge is 0.369 e. The molecule has 0 fully saturated rings. The molecule has 2 aromatic rings. The molecule has 0 bridgehead atoms. The molecule has 98 valence electrons. The molecular formula is C13H21N5. The Morgan fingerprint density at radius 2 is 2.06 bits per heavy atom. The number of likely N-dealkylation sites (N-methyl/N-ethyl adjacent to an activating group) is 1. The Morgan fingerprint density at radius 3 is 2.67 bits per heavy atom. The highest BCUT2D eigenvalue weighted by atomic mass is 15.2. The molecule has 5 heteroatoms. The van der Waals surface area contributed by atoms with Crippen LogP contribution in [0.1, 0.15) is 19.4 Å². The number of pyridine rings is 1. The Hall–Kier alpha value is -1.62. The molecule has 2 rings (SSSR count). The highest BCUT2D eigenvalue weighted by Gasteiger charge is 2.23. The highest BCUT2D eigenvalue weighted by Crippen LogP contribution is 2.21. The van der Waals surface area contributed by atoms with E-state index < -0.39 is 0 Å². The standard InChI is InChI=1S/C13H21N5/c1-9-6-10-11(15-7-9)18(12(14)16-10)8-13(2,3)17(4)5/h6-7H,8H2,1-5H3,(H2,14,16). The molecule has 5 nitrogen and oxygen atoms in total. The summed E-state index contributed by atoms with van der Waals surface area (Å²) in [4.78, 5) is 11.0. The molecule has 0 amide bonds. The summed E-state index contributed by atoms with van der Waals surface area (Å²) in [7, 11) is 4.12. The van der Waals surface area contributed by atoms with Gasteiger partial charge in [0.25, 0.3) is 0 Å². The van der Waals surface area contributed by atoms with E-state index in [2.05, 4.69) is 42.8 Å². The number of hydrogen-bond acceptors (Lipinski definition) is 4. The zero-order valence-electron chi connectivity index (χ0n) is 11.7. The third kappa shape index (κ3) is 2.18. The number of nitrogens with zero attached hydrogens (tertiary/aromatic N) is 4. The lowest BCUT2D eigenvalue weighted by atomic mass is 10.0. The molecule has 0 aromatic carbocycles. The van der Waals surface area contributed by atoms with E-state index in [0.717, 1.165) is 23.3 Å². The number of imidazole rings is 1. The van der Waals surface area contributed by atoms with E-state index in [-0.39, 0.29) is 5.54 Å². The summed E-state index contributed by atoms with van der Waals surface area (Å²) in [6.07, 6.45) is 1.85. The van der Waals surface area contributed by atoms with Crippen LogP contribution < -0.4 is 5.73 Å². The van der Waals surface area contributed by atoms with Crippen LogP contribution in [-0.4, -0.2) is 39.1 Å². The Labute approximate surface area is 108 Å². The van der Waals surface area contributed by atoms with Crippen LogP contribution in [-0.2, 0) is 6.54 Å². The summed E-state index contributed by atoms with van der Waals surface area (Å²) < 4.78 is 1.98. The van der Waals surface area contributed by atoms with Crippen LogP contribution in [0.2, 0.25) is 0 Å². The molecule has 0 spiro atoms. The van der Waals surface area contributed by atoms with Gasteiger partial charge in [0, 0.05) is 18.3 Å². The van der Waals surface area contributed by atoms with Crippen molar-refractivity contribution in [2.45, 2.75) is 32.9 Å². The average molecular weight is 247 g/mol. The molecule has 0 saturated heterocycles. The monoisotopic (exact) mass is 247 g/mol. The fraction of sp³-hybridized carbons (Fsp3) is 0.538. The van der Waals surface area contributed by atoms with Crippen molar-refractivity contribution in [3.05, 3.63) is 17.8 Å². The summed E-state index contributed by atoms with van der Waals surface area (Å²) in [5.41, 5.74) is 8.81. The summed E-state index contributed by atoms with van der Waals surface area (Å²) in [5.74, 6) is 0.526. The van der Waals surface area contributed by atoms with E-state index >= 15 is 0 Å². The van der Waals surface area contributed by atoms with Gasteiger partial charge < -0.3 is 10.6 Å². The molecule has 0 aliphatic rings. The Bertz CT molecular complexity index is 568. The topological polar surface area (TPSA) is 60.0 Å². The first-order valence-corrected chi connectivity index (χ1v) is 6.07. The number of hydrogen-bond donors (Lipinski definition) is 1. The fourth-order valence-corrected chi connectivity index (χ4v) is 1.81. The molecule has 0 unspecified atom stereocenters. The Morgan fingerprint density at radius 1 is 1.39 bits per heavy atom. The molecule has 2 aromatic heterocycles. The number of aryl methyl sites for hydroxylation is 1. The maximum Gasteiger partial charge on any atom is 0.202 e. The van der Waals surface area contributed by atoms with Crippen LogP contribution in [0.4, 0.5) is 5.95 Å². The van der Waals surface area contributed by atoms with Gasteiger partial charge in [-0.15, -0.1) is 0 Å². The SMILES string of the molecule is Cc1cnc2c(c1)nc(N)n2CC(C)(C)N(C)C. The van der Waals surface area contributed by atoms with Crippen molar-refractivity contribution in [3.63, 3.8) is 0 Å². The van der Waals surface area contributed by atoms with Gasteiger partial charge in [0.05, 0.1) is 0 Å². The van der Waals surface area contributed by atoms with Gasteiger partial charge in [0.1, 0.15) is 5.52 Å². The number of nitrogens with two attached hydrogens (primary N) is 1. The van der Waals surface area contributed by atoms with E-state index in [1.165, 1.54) is 0 Å². The van der Waals surface area contributed by atoms with E-state index in [1.54, 1.807) is 0 Å². The Kier molecular flexibility index (Phi) is 3.02. The van der Waals surface area contributed by atoms with E-state index in [0.29, 0.717) is 5.95 Å². The van der Waals surface area contributed by atoms with Crippen LogP contribution in [0.3, 0.4) is 0 Å². The number of aromatic nitrogens is 3. The van der Waals surface area contributed by atoms with E-state index in [1.807, 2.05) is 23.8 Å². The van der Waals surface area contributed by atoms with Crippen molar-refractivity contribution in [2.75, 3.05) is 19.8 Å². The van der Waals surface area contributed by atoms with Crippen molar-refractivity contribution in [2.24, 2.45) is 0 Å². The smallest absolute Gasteiger partial charge is 0.202 e. The minimum absolute atomic E-state index is 0.00564. The number of anilines is 1. The van der Waals surface area contributed by atoms with Crippen molar-refractivity contribution in [1.29, 1.82) is 0 Å². The second-order valence-electron chi connectivity index (χ2n) is 5.62. The summed E-state index contributed by atoms with van der Waals surface area (Å²) >= 11 is 0. The molecular weight excluding hydrogens is 226 g/mol. The van der Waals surface area contributed by atoms with E-state index in [9.17, 15) is 0 Å². The van der Waals surface area contributed by atoms with Gasteiger partial charge in [-0.25, -0.2) is 9.97 Å². The van der Waals surface area contributed by atoms with Gasteiger partial charge in [-0.1, -0.05) is 0 Å².